The van der Waals surface area contributed by atoms with Gasteiger partial charge in [0.15, 0.2) is 5.69 Å². The quantitative estimate of drug-likeness (QED) is 0.515. The average molecular weight is 347 g/mol. The van der Waals surface area contributed by atoms with Gasteiger partial charge in [0.1, 0.15) is 0 Å². The molecule has 3 nitrogen and oxygen atoms in total. The molecule has 3 rings (SSSR count). The van der Waals surface area contributed by atoms with Crippen LogP contribution in [-0.4, -0.2) is 11.2 Å². The van der Waals surface area contributed by atoms with Gasteiger partial charge >= 0.3 is 6.18 Å². The molecule has 0 aliphatic carbocycles. The van der Waals surface area contributed by atoms with Gasteiger partial charge in [0, 0.05) is 0 Å². The third-order valence-electron chi connectivity index (χ3n) is 3.11. The van der Waals surface area contributed by atoms with Gasteiger partial charge in [-0.15, -0.1) is 0 Å². The molecule has 0 unspecified atom stereocenters. The first-order chi connectivity index (χ1) is 11.5. The molecule has 2 aromatic carbocycles. The first-order valence-electron chi connectivity index (χ1n) is 7.01. The normalized spacial score (nSPS) is 11.8. The zero-order chi connectivity index (χ0) is 17.0. The van der Waals surface area contributed by atoms with Crippen molar-refractivity contribution in [3.63, 3.8) is 0 Å². The van der Waals surface area contributed by atoms with E-state index < -0.39 is 11.9 Å². The van der Waals surface area contributed by atoms with Crippen LogP contribution in [0, 0.1) is 0 Å². The smallest absolute Gasteiger partial charge is 0.253 e. The summed E-state index contributed by atoms with van der Waals surface area (Å²) in [5, 5.41) is 4.04. The fraction of sp³-hybridized carbons (Fsp3) is 0.0588. The minimum Gasteiger partial charge on any atom is -0.253 e. The van der Waals surface area contributed by atoms with E-state index in [9.17, 15) is 13.2 Å². The Morgan fingerprint density at radius 1 is 0.958 bits per heavy atom. The molecule has 1 heterocycles. The summed E-state index contributed by atoms with van der Waals surface area (Å²) < 4.78 is 39.6. The average Bonchev–Trinajstić information content (AvgIpc) is 3.01. The Balaban J connectivity index is 1.87. The summed E-state index contributed by atoms with van der Waals surface area (Å²) in [5.74, 6) is 0. The van der Waals surface area contributed by atoms with Crippen LogP contribution in [0.15, 0.2) is 65.8 Å². The lowest BCUT2D eigenvalue weighted by Gasteiger charge is -2.05. The number of alkyl halides is 3. The van der Waals surface area contributed by atoms with Gasteiger partial charge in [0.05, 0.1) is 11.1 Å². The Hall–Kier alpha value is -2.67. The molecule has 24 heavy (non-hydrogen) atoms. The molecule has 122 valence electrons. The van der Waals surface area contributed by atoms with Crippen LogP contribution in [0.3, 0.4) is 0 Å². The monoisotopic (exact) mass is 347 g/mol. The fourth-order valence-corrected chi connectivity index (χ4v) is 2.99. The van der Waals surface area contributed by atoms with Gasteiger partial charge < -0.3 is 0 Å². The van der Waals surface area contributed by atoms with E-state index in [1.807, 2.05) is 30.3 Å². The van der Waals surface area contributed by atoms with E-state index in [0.29, 0.717) is 5.56 Å². The van der Waals surface area contributed by atoms with E-state index in [2.05, 4.69) is 15.5 Å². The molecule has 7 heteroatoms. The van der Waals surface area contributed by atoms with E-state index in [1.165, 1.54) is 6.21 Å². The number of hydrogen-bond donors (Lipinski definition) is 1. The highest BCUT2D eigenvalue weighted by molar-refractivity contribution is 7.19. The number of benzene rings is 2. The number of halogens is 3. The molecular formula is C17H12F3N3S. The van der Waals surface area contributed by atoms with Crippen molar-refractivity contribution in [1.29, 1.82) is 0 Å². The van der Waals surface area contributed by atoms with Gasteiger partial charge in [0.25, 0.3) is 0 Å². The minimum atomic E-state index is -4.52. The van der Waals surface area contributed by atoms with Crippen LogP contribution in [0.1, 0.15) is 11.3 Å². The largest absolute Gasteiger partial charge is 0.434 e. The number of rotatable bonds is 4. The van der Waals surface area contributed by atoms with Crippen molar-refractivity contribution in [3.05, 3.63) is 71.9 Å². The van der Waals surface area contributed by atoms with Crippen LogP contribution in [-0.2, 0) is 6.18 Å². The molecule has 0 aliphatic heterocycles. The fourth-order valence-electron chi connectivity index (χ4n) is 2.05. The molecule has 1 aromatic heterocycles. The van der Waals surface area contributed by atoms with Gasteiger partial charge in [-0.1, -0.05) is 72.0 Å². The number of nitrogens with zero attached hydrogens (tertiary/aromatic N) is 2. The molecule has 3 aromatic rings. The van der Waals surface area contributed by atoms with Crippen LogP contribution in [0.2, 0.25) is 0 Å². The van der Waals surface area contributed by atoms with Crippen molar-refractivity contribution < 1.29 is 13.2 Å². The van der Waals surface area contributed by atoms with Gasteiger partial charge in [-0.2, -0.15) is 18.3 Å². The standard InChI is InChI=1S/C17H12F3N3S/c18-17(19,20)15-14(13-9-5-2-6-10-13)24-16(22-15)23-21-11-12-7-3-1-4-8-12/h1-11H,(H,22,23)/b21-11+. The lowest BCUT2D eigenvalue weighted by atomic mass is 10.1. The van der Waals surface area contributed by atoms with Crippen LogP contribution in [0.5, 0.6) is 0 Å². The highest BCUT2D eigenvalue weighted by Crippen LogP contribution is 2.41. The van der Waals surface area contributed by atoms with E-state index >= 15 is 0 Å². The number of nitrogens with one attached hydrogen (secondary N) is 1. The number of aromatic nitrogens is 1. The summed E-state index contributed by atoms with van der Waals surface area (Å²) >= 11 is 0.919. The van der Waals surface area contributed by atoms with E-state index in [4.69, 9.17) is 0 Å². The first-order valence-corrected chi connectivity index (χ1v) is 7.83. The van der Waals surface area contributed by atoms with Gasteiger partial charge in [-0.25, -0.2) is 4.98 Å². The van der Waals surface area contributed by atoms with E-state index in [-0.39, 0.29) is 10.0 Å². The predicted molar refractivity (Wildman–Crippen MR) is 90.2 cm³/mol. The molecule has 0 saturated carbocycles. The Kier molecular flexibility index (Phi) is 4.61. The molecule has 0 amide bonds. The highest BCUT2D eigenvalue weighted by atomic mass is 32.1. The second kappa shape index (κ2) is 6.84. The summed E-state index contributed by atoms with van der Waals surface area (Å²) in [6, 6.07) is 17.6. The SMILES string of the molecule is FC(F)(F)c1nc(N/N=C/c2ccccc2)sc1-c1ccccc1. The maximum Gasteiger partial charge on any atom is 0.434 e. The minimum absolute atomic E-state index is 0.0699. The first kappa shape index (κ1) is 16.2. The second-order valence-electron chi connectivity index (χ2n) is 4.84. The maximum absolute atomic E-state index is 13.2. The molecule has 0 fully saturated rings. The molecule has 0 bridgehead atoms. The summed E-state index contributed by atoms with van der Waals surface area (Å²) in [6.45, 7) is 0. The number of anilines is 1. The Labute approximate surface area is 140 Å². The number of thiazole rings is 1. The molecule has 0 radical (unpaired) electrons. The predicted octanol–water partition coefficient (Wildman–Crippen LogP) is 5.27. The third-order valence-corrected chi connectivity index (χ3v) is 4.11. The summed E-state index contributed by atoms with van der Waals surface area (Å²) in [4.78, 5) is 3.73. The number of hydrazone groups is 1. The Morgan fingerprint density at radius 2 is 1.58 bits per heavy atom. The van der Waals surface area contributed by atoms with Crippen molar-refractivity contribution >= 4 is 22.7 Å². The summed E-state index contributed by atoms with van der Waals surface area (Å²) in [5.41, 5.74) is 2.97. The lowest BCUT2D eigenvalue weighted by molar-refractivity contribution is -0.140. The van der Waals surface area contributed by atoms with Crippen LogP contribution >= 0.6 is 11.3 Å². The molecule has 0 saturated heterocycles. The van der Waals surface area contributed by atoms with Gasteiger partial charge in [-0.05, 0) is 11.1 Å². The third kappa shape index (κ3) is 3.80. The molecule has 0 atom stereocenters. The van der Waals surface area contributed by atoms with Crippen LogP contribution < -0.4 is 5.43 Å². The Bertz CT molecular complexity index is 827. The van der Waals surface area contributed by atoms with Gasteiger partial charge in [-0.3, -0.25) is 5.43 Å². The summed E-state index contributed by atoms with van der Waals surface area (Å²) in [6.07, 6.45) is -3.00. The van der Waals surface area contributed by atoms with Crippen molar-refractivity contribution in [2.45, 2.75) is 6.18 Å². The van der Waals surface area contributed by atoms with Crippen LogP contribution in [0.25, 0.3) is 10.4 Å². The molecular weight excluding hydrogens is 335 g/mol. The van der Waals surface area contributed by atoms with Crippen molar-refractivity contribution in [3.8, 4) is 10.4 Å². The topological polar surface area (TPSA) is 37.3 Å². The molecule has 1 N–H and O–H groups in total. The Morgan fingerprint density at radius 3 is 2.21 bits per heavy atom. The van der Waals surface area contributed by atoms with E-state index in [0.717, 1.165) is 16.9 Å². The van der Waals surface area contributed by atoms with Crippen molar-refractivity contribution in [1.82, 2.24) is 4.98 Å². The van der Waals surface area contributed by atoms with Gasteiger partial charge in [0.2, 0.25) is 5.13 Å². The lowest BCUT2D eigenvalue weighted by Crippen LogP contribution is -2.07. The van der Waals surface area contributed by atoms with Crippen molar-refractivity contribution in [2.75, 3.05) is 5.43 Å². The van der Waals surface area contributed by atoms with Crippen molar-refractivity contribution in [2.24, 2.45) is 5.10 Å². The maximum atomic E-state index is 13.2. The highest BCUT2D eigenvalue weighted by Gasteiger charge is 2.37. The zero-order valence-electron chi connectivity index (χ0n) is 12.3. The summed E-state index contributed by atoms with van der Waals surface area (Å²) in [7, 11) is 0. The second-order valence-corrected chi connectivity index (χ2v) is 5.84. The zero-order valence-corrected chi connectivity index (χ0v) is 13.1. The molecule has 0 spiro atoms. The van der Waals surface area contributed by atoms with Crippen LogP contribution in [0.4, 0.5) is 18.3 Å². The number of hydrogen-bond acceptors (Lipinski definition) is 4. The molecule has 0 aliphatic rings. The van der Waals surface area contributed by atoms with E-state index in [1.54, 1.807) is 30.3 Å².